The van der Waals surface area contributed by atoms with E-state index in [1.165, 1.54) is 0 Å². The summed E-state index contributed by atoms with van der Waals surface area (Å²) in [5.41, 5.74) is 5.40. The summed E-state index contributed by atoms with van der Waals surface area (Å²) >= 11 is 0. The van der Waals surface area contributed by atoms with Crippen LogP contribution in [0.15, 0.2) is 67.0 Å². The zero-order chi connectivity index (χ0) is 24.9. The first-order valence-electron chi connectivity index (χ1n) is 12.5. The summed E-state index contributed by atoms with van der Waals surface area (Å²) < 4.78 is 0. The van der Waals surface area contributed by atoms with E-state index in [1.807, 2.05) is 59.5 Å². The summed E-state index contributed by atoms with van der Waals surface area (Å²) in [5.74, 6) is 0. The molecule has 2 aliphatic rings. The number of pyridine rings is 2. The van der Waals surface area contributed by atoms with Crippen molar-refractivity contribution in [1.29, 1.82) is 0 Å². The average Bonchev–Trinajstić information content (AvgIpc) is 3.13. The SMILES string of the molecule is CC1(C)CC2CC(C)(CN2C(=O)Nc2ccc3nc(-c4ccccn4)c(-c4ccccn4)nc3c2)C1. The van der Waals surface area contributed by atoms with E-state index < -0.39 is 0 Å². The van der Waals surface area contributed by atoms with Gasteiger partial charge in [0.05, 0.1) is 22.4 Å². The maximum absolute atomic E-state index is 13.3. The van der Waals surface area contributed by atoms with Crippen LogP contribution in [-0.2, 0) is 0 Å². The summed E-state index contributed by atoms with van der Waals surface area (Å²) in [6.45, 7) is 7.76. The fourth-order valence-corrected chi connectivity index (χ4v) is 6.39. The van der Waals surface area contributed by atoms with Crippen LogP contribution < -0.4 is 5.32 Å². The van der Waals surface area contributed by atoms with Gasteiger partial charge in [0.25, 0.3) is 0 Å². The van der Waals surface area contributed by atoms with Gasteiger partial charge in [-0.15, -0.1) is 0 Å². The Morgan fingerprint density at radius 2 is 1.56 bits per heavy atom. The molecular weight excluding hydrogens is 448 g/mol. The molecule has 0 radical (unpaired) electrons. The third kappa shape index (κ3) is 4.19. The monoisotopic (exact) mass is 478 g/mol. The van der Waals surface area contributed by atoms with E-state index >= 15 is 0 Å². The van der Waals surface area contributed by atoms with Crippen LogP contribution in [-0.4, -0.2) is 43.5 Å². The van der Waals surface area contributed by atoms with Gasteiger partial charge in [0, 0.05) is 30.7 Å². The molecule has 4 heterocycles. The molecule has 7 heteroatoms. The van der Waals surface area contributed by atoms with Crippen LogP contribution in [0.2, 0.25) is 0 Å². The molecule has 1 N–H and O–H groups in total. The molecule has 3 aromatic heterocycles. The van der Waals surface area contributed by atoms with Crippen molar-refractivity contribution in [2.24, 2.45) is 10.8 Å². The number of fused-ring (bicyclic) bond motifs is 3. The van der Waals surface area contributed by atoms with Gasteiger partial charge in [0.2, 0.25) is 0 Å². The zero-order valence-electron chi connectivity index (χ0n) is 20.9. The number of carbonyl (C=O) groups is 1. The Hall–Kier alpha value is -3.87. The van der Waals surface area contributed by atoms with Crippen LogP contribution in [0, 0.1) is 10.8 Å². The third-order valence-corrected chi connectivity index (χ3v) is 7.41. The van der Waals surface area contributed by atoms with Gasteiger partial charge < -0.3 is 10.2 Å². The quantitative estimate of drug-likeness (QED) is 0.380. The second-order valence-corrected chi connectivity index (χ2v) is 11.3. The lowest BCUT2D eigenvalue weighted by Gasteiger charge is -2.39. The van der Waals surface area contributed by atoms with Crippen molar-refractivity contribution in [3.8, 4) is 22.8 Å². The lowest BCUT2D eigenvalue weighted by Crippen LogP contribution is -2.40. The molecule has 1 saturated heterocycles. The van der Waals surface area contributed by atoms with Crippen molar-refractivity contribution in [2.45, 2.75) is 46.1 Å². The molecule has 4 aromatic rings. The van der Waals surface area contributed by atoms with Crippen LogP contribution in [0.3, 0.4) is 0 Å². The summed E-state index contributed by atoms with van der Waals surface area (Å²) in [4.78, 5) is 34.2. The maximum atomic E-state index is 13.3. The van der Waals surface area contributed by atoms with Gasteiger partial charge in [0.1, 0.15) is 11.4 Å². The highest BCUT2D eigenvalue weighted by Gasteiger charge is 2.51. The van der Waals surface area contributed by atoms with E-state index in [1.54, 1.807) is 12.4 Å². The molecule has 7 nitrogen and oxygen atoms in total. The molecule has 36 heavy (non-hydrogen) atoms. The smallest absolute Gasteiger partial charge is 0.321 e. The Labute approximate surface area is 211 Å². The minimum Gasteiger partial charge on any atom is -0.321 e. The second-order valence-electron chi connectivity index (χ2n) is 11.3. The first-order chi connectivity index (χ1) is 17.3. The minimum absolute atomic E-state index is 0.0382. The zero-order valence-corrected chi connectivity index (χ0v) is 20.9. The van der Waals surface area contributed by atoms with Gasteiger partial charge in [-0.3, -0.25) is 9.97 Å². The van der Waals surface area contributed by atoms with Crippen molar-refractivity contribution in [1.82, 2.24) is 24.8 Å². The first kappa shape index (κ1) is 22.6. The van der Waals surface area contributed by atoms with Gasteiger partial charge in [-0.2, -0.15) is 0 Å². The van der Waals surface area contributed by atoms with E-state index in [0.717, 1.165) is 42.7 Å². The third-order valence-electron chi connectivity index (χ3n) is 7.41. The molecule has 1 aromatic carbocycles. The van der Waals surface area contributed by atoms with E-state index in [-0.39, 0.29) is 22.9 Å². The summed E-state index contributed by atoms with van der Waals surface area (Å²) in [6.07, 6.45) is 6.77. The van der Waals surface area contributed by atoms with Crippen molar-refractivity contribution >= 4 is 22.8 Å². The highest BCUT2D eigenvalue weighted by atomic mass is 16.2. The normalized spacial score (nSPS) is 22.5. The van der Waals surface area contributed by atoms with Crippen LogP contribution >= 0.6 is 0 Å². The number of anilines is 1. The number of carbonyl (C=O) groups excluding carboxylic acids is 1. The number of urea groups is 1. The Bertz CT molecular complexity index is 1440. The van der Waals surface area contributed by atoms with Gasteiger partial charge >= 0.3 is 6.03 Å². The minimum atomic E-state index is -0.0382. The molecule has 2 bridgehead atoms. The molecule has 2 unspecified atom stereocenters. The number of nitrogens with one attached hydrogen (secondary N) is 1. The number of hydrogen-bond acceptors (Lipinski definition) is 5. The number of rotatable bonds is 3. The highest BCUT2D eigenvalue weighted by Crippen LogP contribution is 2.52. The summed E-state index contributed by atoms with van der Waals surface area (Å²) in [7, 11) is 0. The largest absolute Gasteiger partial charge is 0.322 e. The topological polar surface area (TPSA) is 83.9 Å². The molecule has 6 rings (SSSR count). The molecule has 1 aliphatic carbocycles. The van der Waals surface area contributed by atoms with Gasteiger partial charge in [-0.25, -0.2) is 14.8 Å². The summed E-state index contributed by atoms with van der Waals surface area (Å²) in [6, 6.07) is 17.4. The maximum Gasteiger partial charge on any atom is 0.322 e. The second kappa shape index (κ2) is 8.36. The molecule has 2 atom stereocenters. The average molecular weight is 479 g/mol. The lowest BCUT2D eigenvalue weighted by molar-refractivity contribution is 0.130. The number of amides is 2. The number of hydrogen-bond donors (Lipinski definition) is 1. The van der Waals surface area contributed by atoms with Gasteiger partial charge in [-0.05, 0) is 72.6 Å². The molecule has 1 saturated carbocycles. The number of aromatic nitrogens is 4. The Kier molecular flexibility index (Phi) is 5.25. The lowest BCUT2D eigenvalue weighted by atomic mass is 9.65. The van der Waals surface area contributed by atoms with Crippen molar-refractivity contribution in [3.05, 3.63) is 67.0 Å². The van der Waals surface area contributed by atoms with Crippen LogP contribution in [0.25, 0.3) is 33.8 Å². The van der Waals surface area contributed by atoms with Crippen molar-refractivity contribution in [2.75, 3.05) is 11.9 Å². The Morgan fingerprint density at radius 1 is 0.889 bits per heavy atom. The van der Waals surface area contributed by atoms with E-state index in [4.69, 9.17) is 9.97 Å². The fourth-order valence-electron chi connectivity index (χ4n) is 6.39. The Balaban J connectivity index is 1.34. The number of likely N-dealkylation sites (tertiary alicyclic amines) is 1. The Morgan fingerprint density at radius 3 is 2.19 bits per heavy atom. The predicted octanol–water partition coefficient (Wildman–Crippen LogP) is 6.19. The van der Waals surface area contributed by atoms with Crippen molar-refractivity contribution in [3.63, 3.8) is 0 Å². The number of benzene rings is 1. The molecule has 182 valence electrons. The molecule has 2 fully saturated rings. The van der Waals surface area contributed by atoms with Crippen LogP contribution in [0.4, 0.5) is 10.5 Å². The fraction of sp³-hybridized carbons (Fsp3) is 0.345. The van der Waals surface area contributed by atoms with Crippen LogP contribution in [0.1, 0.15) is 40.0 Å². The standard InChI is InChI=1S/C29H30N6O/c1-28(2)15-20-16-29(3,17-28)18-35(20)27(36)32-19-10-11-21-24(14-19)34-26(23-9-5-7-13-31-23)25(33-21)22-8-4-6-12-30-22/h4-14,20H,15-18H2,1-3H3,(H,32,36). The van der Waals surface area contributed by atoms with E-state index in [0.29, 0.717) is 22.6 Å². The van der Waals surface area contributed by atoms with Gasteiger partial charge in [0.15, 0.2) is 0 Å². The van der Waals surface area contributed by atoms with Crippen molar-refractivity contribution < 1.29 is 4.79 Å². The number of nitrogens with zero attached hydrogens (tertiary/aromatic N) is 5. The summed E-state index contributed by atoms with van der Waals surface area (Å²) in [5, 5.41) is 3.13. The highest BCUT2D eigenvalue weighted by molar-refractivity contribution is 5.93. The predicted molar refractivity (Wildman–Crippen MR) is 141 cm³/mol. The molecular formula is C29H30N6O. The van der Waals surface area contributed by atoms with E-state index in [2.05, 4.69) is 36.1 Å². The molecule has 1 aliphatic heterocycles. The van der Waals surface area contributed by atoms with Crippen LogP contribution in [0.5, 0.6) is 0 Å². The molecule has 2 amide bonds. The van der Waals surface area contributed by atoms with E-state index in [9.17, 15) is 4.79 Å². The first-order valence-corrected chi connectivity index (χ1v) is 12.5. The van der Waals surface area contributed by atoms with Gasteiger partial charge in [-0.1, -0.05) is 32.9 Å². The molecule has 0 spiro atoms.